The summed E-state index contributed by atoms with van der Waals surface area (Å²) < 4.78 is 6.15. The molecular weight excluding hydrogens is 350 g/mol. The second-order valence-corrected chi connectivity index (χ2v) is 5.39. The quantitative estimate of drug-likeness (QED) is 0.519. The monoisotopic (exact) mass is 359 g/mol. The van der Waals surface area contributed by atoms with E-state index in [4.69, 9.17) is 4.74 Å². The number of benzene rings is 1. The van der Waals surface area contributed by atoms with Crippen molar-refractivity contribution in [1.82, 2.24) is 30.4 Å². The van der Waals surface area contributed by atoms with Crippen LogP contribution in [0.25, 0.3) is 21.9 Å². The van der Waals surface area contributed by atoms with Gasteiger partial charge in [-0.2, -0.15) is 10.2 Å². The van der Waals surface area contributed by atoms with Crippen molar-refractivity contribution in [3.63, 3.8) is 0 Å². The number of fused-ring (bicyclic) bond motifs is 2. The zero-order valence-corrected chi connectivity index (χ0v) is 13.0. The van der Waals surface area contributed by atoms with Crippen molar-refractivity contribution in [2.45, 2.75) is 0 Å². The Bertz CT molecular complexity index is 977. The average molecular weight is 360 g/mol. The van der Waals surface area contributed by atoms with Gasteiger partial charge in [0.25, 0.3) is 0 Å². The molecular formula is C13H10BrN7O. The van der Waals surface area contributed by atoms with Gasteiger partial charge in [-0.05, 0) is 22.0 Å². The van der Waals surface area contributed by atoms with E-state index in [-0.39, 0.29) is 0 Å². The van der Waals surface area contributed by atoms with Crippen LogP contribution in [0.4, 0.5) is 11.5 Å². The van der Waals surface area contributed by atoms with Gasteiger partial charge in [0, 0.05) is 11.5 Å². The highest BCUT2D eigenvalue weighted by atomic mass is 79.9. The van der Waals surface area contributed by atoms with Crippen LogP contribution in [0.3, 0.4) is 0 Å². The predicted octanol–water partition coefficient (Wildman–Crippen LogP) is 2.74. The normalized spacial score (nSPS) is 11.2. The summed E-state index contributed by atoms with van der Waals surface area (Å²) in [5.74, 6) is 1.31. The Morgan fingerprint density at radius 2 is 2.14 bits per heavy atom. The first-order valence-electron chi connectivity index (χ1n) is 6.39. The van der Waals surface area contributed by atoms with E-state index in [2.05, 4.69) is 51.6 Å². The maximum absolute atomic E-state index is 5.43. The minimum Gasteiger partial charge on any atom is -0.494 e. The molecule has 0 saturated heterocycles. The van der Waals surface area contributed by atoms with Crippen LogP contribution in [-0.4, -0.2) is 37.5 Å². The molecule has 0 bridgehead atoms. The topological polar surface area (TPSA) is 104 Å². The van der Waals surface area contributed by atoms with Gasteiger partial charge in [0.2, 0.25) is 0 Å². The van der Waals surface area contributed by atoms with Crippen LogP contribution in [0, 0.1) is 0 Å². The van der Waals surface area contributed by atoms with Crippen LogP contribution in [0.15, 0.2) is 29.3 Å². The van der Waals surface area contributed by atoms with E-state index >= 15 is 0 Å². The van der Waals surface area contributed by atoms with Gasteiger partial charge in [0.1, 0.15) is 22.5 Å². The van der Waals surface area contributed by atoms with E-state index in [1.807, 2.05) is 12.1 Å². The Morgan fingerprint density at radius 3 is 3.00 bits per heavy atom. The smallest absolute Gasteiger partial charge is 0.187 e. The Hall–Kier alpha value is -2.68. The number of nitrogens with one attached hydrogen (secondary N) is 3. The molecule has 3 aromatic heterocycles. The summed E-state index contributed by atoms with van der Waals surface area (Å²) in [6, 6.07) is 3.83. The number of ether oxygens (including phenoxy) is 1. The summed E-state index contributed by atoms with van der Waals surface area (Å²) in [6.07, 6.45) is 3.21. The SMILES string of the molecule is COc1cc2[nH]ncc2cc1Nc1ncnc2n[nH]c(Br)c12. The van der Waals surface area contributed by atoms with E-state index in [1.165, 1.54) is 6.33 Å². The molecule has 0 spiro atoms. The molecule has 1 aromatic carbocycles. The molecule has 3 heterocycles. The molecule has 4 rings (SSSR count). The van der Waals surface area contributed by atoms with E-state index < -0.39 is 0 Å². The average Bonchev–Trinajstić information content (AvgIpc) is 3.13. The van der Waals surface area contributed by atoms with Crippen molar-refractivity contribution in [3.05, 3.63) is 29.3 Å². The van der Waals surface area contributed by atoms with Gasteiger partial charge >= 0.3 is 0 Å². The lowest BCUT2D eigenvalue weighted by Gasteiger charge is -2.11. The summed E-state index contributed by atoms with van der Waals surface area (Å²) in [5, 5.41) is 18.9. The molecule has 0 fully saturated rings. The lowest BCUT2D eigenvalue weighted by Crippen LogP contribution is -1.98. The lowest BCUT2D eigenvalue weighted by molar-refractivity contribution is 0.417. The zero-order valence-electron chi connectivity index (χ0n) is 11.4. The Labute approximate surface area is 132 Å². The fraction of sp³-hybridized carbons (Fsp3) is 0.0769. The van der Waals surface area contributed by atoms with Gasteiger partial charge in [-0.1, -0.05) is 0 Å². The van der Waals surface area contributed by atoms with Crippen LogP contribution in [0.5, 0.6) is 5.75 Å². The van der Waals surface area contributed by atoms with Crippen LogP contribution < -0.4 is 10.1 Å². The van der Waals surface area contributed by atoms with Crippen molar-refractivity contribution in [2.24, 2.45) is 0 Å². The van der Waals surface area contributed by atoms with Gasteiger partial charge in [0.15, 0.2) is 5.65 Å². The minimum atomic E-state index is 0.577. The van der Waals surface area contributed by atoms with Crippen molar-refractivity contribution in [3.8, 4) is 5.75 Å². The second kappa shape index (κ2) is 4.95. The van der Waals surface area contributed by atoms with Crippen LogP contribution in [0.1, 0.15) is 0 Å². The van der Waals surface area contributed by atoms with E-state index in [1.54, 1.807) is 13.3 Å². The van der Waals surface area contributed by atoms with Crippen molar-refractivity contribution in [2.75, 3.05) is 12.4 Å². The van der Waals surface area contributed by atoms with Gasteiger partial charge in [-0.15, -0.1) is 0 Å². The van der Waals surface area contributed by atoms with Crippen LogP contribution >= 0.6 is 15.9 Å². The van der Waals surface area contributed by atoms with Gasteiger partial charge in [-0.3, -0.25) is 10.2 Å². The Morgan fingerprint density at radius 1 is 1.23 bits per heavy atom. The number of hydrogen-bond donors (Lipinski definition) is 3. The third-order valence-electron chi connectivity index (χ3n) is 3.32. The third kappa shape index (κ3) is 1.98. The van der Waals surface area contributed by atoms with Crippen molar-refractivity contribution in [1.29, 1.82) is 0 Å². The summed E-state index contributed by atoms with van der Waals surface area (Å²) >= 11 is 3.42. The Balaban J connectivity index is 1.86. The van der Waals surface area contributed by atoms with E-state index in [0.717, 1.165) is 22.0 Å². The van der Waals surface area contributed by atoms with Crippen LogP contribution in [0.2, 0.25) is 0 Å². The lowest BCUT2D eigenvalue weighted by atomic mass is 10.2. The first kappa shape index (κ1) is 13.0. The highest BCUT2D eigenvalue weighted by Crippen LogP contribution is 2.34. The highest BCUT2D eigenvalue weighted by molar-refractivity contribution is 9.10. The zero-order chi connectivity index (χ0) is 15.1. The number of halogens is 1. The molecule has 3 N–H and O–H groups in total. The molecule has 22 heavy (non-hydrogen) atoms. The number of methoxy groups -OCH3 is 1. The molecule has 0 amide bonds. The number of anilines is 2. The summed E-state index contributed by atoms with van der Waals surface area (Å²) in [6.45, 7) is 0. The number of aromatic amines is 2. The molecule has 4 aromatic rings. The number of hydrogen-bond acceptors (Lipinski definition) is 6. The molecule has 8 nitrogen and oxygen atoms in total. The van der Waals surface area contributed by atoms with E-state index in [9.17, 15) is 0 Å². The van der Waals surface area contributed by atoms with Crippen molar-refractivity contribution < 1.29 is 4.74 Å². The molecule has 0 aliphatic heterocycles. The molecule has 0 unspecified atom stereocenters. The second-order valence-electron chi connectivity index (χ2n) is 4.59. The maximum atomic E-state index is 5.43. The summed E-state index contributed by atoms with van der Waals surface area (Å²) in [4.78, 5) is 8.41. The van der Waals surface area contributed by atoms with Crippen molar-refractivity contribution >= 4 is 49.4 Å². The molecule has 9 heteroatoms. The maximum Gasteiger partial charge on any atom is 0.187 e. The third-order valence-corrected chi connectivity index (χ3v) is 3.89. The fourth-order valence-corrected chi connectivity index (χ4v) is 2.74. The molecule has 0 atom stereocenters. The molecule has 0 aliphatic rings. The minimum absolute atomic E-state index is 0.577. The van der Waals surface area contributed by atoms with E-state index in [0.29, 0.717) is 21.8 Å². The molecule has 0 saturated carbocycles. The first-order chi connectivity index (χ1) is 10.8. The predicted molar refractivity (Wildman–Crippen MR) is 85.3 cm³/mol. The van der Waals surface area contributed by atoms with Gasteiger partial charge in [0.05, 0.1) is 29.9 Å². The first-order valence-corrected chi connectivity index (χ1v) is 7.18. The summed E-state index contributed by atoms with van der Waals surface area (Å²) in [5.41, 5.74) is 2.26. The number of nitrogens with zero attached hydrogens (tertiary/aromatic N) is 4. The number of rotatable bonds is 3. The highest BCUT2D eigenvalue weighted by Gasteiger charge is 2.13. The fourth-order valence-electron chi connectivity index (χ4n) is 2.28. The summed E-state index contributed by atoms with van der Waals surface area (Å²) in [7, 11) is 1.62. The van der Waals surface area contributed by atoms with Gasteiger partial charge in [-0.25, -0.2) is 9.97 Å². The Kier molecular flexibility index (Phi) is 2.93. The number of aromatic nitrogens is 6. The number of H-pyrrole nitrogens is 2. The largest absolute Gasteiger partial charge is 0.494 e. The molecule has 110 valence electrons. The molecule has 0 radical (unpaired) electrons. The van der Waals surface area contributed by atoms with Gasteiger partial charge < -0.3 is 10.1 Å². The standard InChI is InChI=1S/C13H10BrN7O/c1-22-9-3-7-6(4-17-19-7)2-8(9)18-12-10-11(14)20-21-13(10)16-5-15-12/h2-5H,1H3,(H,17,19)(H2,15,16,18,20,21). The van der Waals surface area contributed by atoms with Crippen LogP contribution in [-0.2, 0) is 0 Å². The molecule has 0 aliphatic carbocycles.